The molecule has 0 unspecified atom stereocenters. The van der Waals surface area contributed by atoms with Crippen molar-refractivity contribution in [3.05, 3.63) is 30.1 Å². The van der Waals surface area contributed by atoms with Gasteiger partial charge in [0, 0.05) is 18.6 Å². The Labute approximate surface area is 200 Å². The lowest BCUT2D eigenvalue weighted by Gasteiger charge is -2.32. The number of ether oxygens (including phenoxy) is 2. The highest BCUT2D eigenvalue weighted by Crippen LogP contribution is 2.39. The molecule has 36 heavy (non-hydrogen) atoms. The number of anilines is 1. The molecular formula is C20H18F7N3O5S. The van der Waals surface area contributed by atoms with Crippen LogP contribution in [0.3, 0.4) is 0 Å². The molecular weight excluding hydrogens is 527 g/mol. The van der Waals surface area contributed by atoms with Gasteiger partial charge in [-0.1, -0.05) is 6.92 Å². The number of hydrogen-bond donors (Lipinski definition) is 0. The molecule has 0 bridgehead atoms. The van der Waals surface area contributed by atoms with Crippen molar-refractivity contribution >= 4 is 21.6 Å². The summed E-state index contributed by atoms with van der Waals surface area (Å²) in [6.07, 6.45) is -5.61. The van der Waals surface area contributed by atoms with Crippen molar-refractivity contribution in [1.29, 1.82) is 0 Å². The summed E-state index contributed by atoms with van der Waals surface area (Å²) in [6, 6.07) is 2.07. The van der Waals surface area contributed by atoms with E-state index in [1.165, 1.54) is 6.92 Å². The number of pyridine rings is 2. The summed E-state index contributed by atoms with van der Waals surface area (Å²) in [6.45, 7) is -1.74. The average molecular weight is 545 g/mol. The average Bonchev–Trinajstić information content (AvgIpc) is 2.78. The molecule has 2 aromatic heterocycles. The lowest BCUT2D eigenvalue weighted by molar-refractivity contribution is -0.276. The molecule has 16 heteroatoms. The lowest BCUT2D eigenvalue weighted by atomic mass is 10.1. The van der Waals surface area contributed by atoms with Gasteiger partial charge in [-0.2, -0.15) is 22.0 Å². The van der Waals surface area contributed by atoms with Gasteiger partial charge in [0.25, 0.3) is 5.92 Å². The molecule has 1 aliphatic rings. The van der Waals surface area contributed by atoms with E-state index in [0.29, 0.717) is 6.92 Å². The van der Waals surface area contributed by atoms with Crippen molar-refractivity contribution in [3.63, 3.8) is 0 Å². The number of carbonyl (C=O) groups is 1. The number of fused-ring (bicyclic) bond motifs is 1. The second-order valence-corrected chi connectivity index (χ2v) is 10.1. The second kappa shape index (κ2) is 9.37. The van der Waals surface area contributed by atoms with Crippen molar-refractivity contribution < 1.29 is 53.4 Å². The quantitative estimate of drug-likeness (QED) is 0.447. The Kier molecular flexibility index (Phi) is 7.13. The minimum Gasteiger partial charge on any atom is -0.486 e. The van der Waals surface area contributed by atoms with Gasteiger partial charge in [-0.25, -0.2) is 27.0 Å². The van der Waals surface area contributed by atoms with Crippen LogP contribution in [0, 0.1) is 0 Å². The summed E-state index contributed by atoms with van der Waals surface area (Å²) in [7, 11) is -4.02. The number of rotatable bonds is 8. The summed E-state index contributed by atoms with van der Waals surface area (Å²) >= 11 is 0. The van der Waals surface area contributed by atoms with Crippen molar-refractivity contribution in [1.82, 2.24) is 9.97 Å². The molecule has 0 atom stereocenters. The van der Waals surface area contributed by atoms with E-state index in [4.69, 9.17) is 9.47 Å². The van der Waals surface area contributed by atoms with Crippen LogP contribution in [0.1, 0.15) is 19.4 Å². The van der Waals surface area contributed by atoms with Gasteiger partial charge in [-0.3, -0.25) is 9.88 Å². The van der Waals surface area contributed by atoms with Crippen LogP contribution in [0.2, 0.25) is 0 Å². The fourth-order valence-electron chi connectivity index (χ4n) is 3.03. The highest BCUT2D eigenvalue weighted by molar-refractivity contribution is 7.91. The third kappa shape index (κ3) is 5.79. The van der Waals surface area contributed by atoms with Gasteiger partial charge in [-0.05, 0) is 6.07 Å². The highest BCUT2D eigenvalue weighted by atomic mass is 32.2. The number of carbonyl (C=O) groups excluding carboxylic acids is 1. The van der Waals surface area contributed by atoms with Gasteiger partial charge >= 0.3 is 18.2 Å². The Morgan fingerprint density at radius 3 is 2.33 bits per heavy atom. The van der Waals surface area contributed by atoms with Crippen molar-refractivity contribution in [3.8, 4) is 17.1 Å². The third-order valence-corrected chi connectivity index (χ3v) is 6.62. The first-order valence-corrected chi connectivity index (χ1v) is 11.7. The molecule has 0 aliphatic carbocycles. The van der Waals surface area contributed by atoms with Crippen LogP contribution >= 0.6 is 0 Å². The molecule has 2 aromatic rings. The van der Waals surface area contributed by atoms with Crippen molar-refractivity contribution in [2.24, 2.45) is 0 Å². The number of amides is 1. The summed E-state index contributed by atoms with van der Waals surface area (Å²) in [5, 5.41) is 0. The van der Waals surface area contributed by atoms with E-state index in [1.807, 2.05) is 0 Å². The van der Waals surface area contributed by atoms with Crippen LogP contribution in [-0.2, 0) is 21.2 Å². The summed E-state index contributed by atoms with van der Waals surface area (Å²) in [4.78, 5) is 19.4. The van der Waals surface area contributed by atoms with E-state index in [2.05, 4.69) is 9.97 Å². The fraction of sp³-hybridized carbons (Fsp3) is 0.450. The molecule has 3 rings (SSSR count). The number of cyclic esters (lactones) is 1. The summed E-state index contributed by atoms with van der Waals surface area (Å²) in [5.74, 6) is -9.17. The van der Waals surface area contributed by atoms with Gasteiger partial charge < -0.3 is 9.47 Å². The zero-order chi connectivity index (χ0) is 27.1. The Morgan fingerprint density at radius 1 is 1.08 bits per heavy atom. The van der Waals surface area contributed by atoms with Crippen molar-refractivity contribution in [2.75, 3.05) is 23.8 Å². The van der Waals surface area contributed by atoms with Crippen molar-refractivity contribution in [2.45, 2.75) is 43.4 Å². The van der Waals surface area contributed by atoms with E-state index < -0.39 is 70.0 Å². The lowest BCUT2D eigenvalue weighted by Crippen LogP contribution is -2.50. The number of sulfone groups is 1. The number of halogens is 7. The third-order valence-electron chi connectivity index (χ3n) is 4.88. The predicted molar refractivity (Wildman–Crippen MR) is 110 cm³/mol. The maximum Gasteiger partial charge on any atom is 0.455 e. The van der Waals surface area contributed by atoms with E-state index in [1.54, 1.807) is 0 Å². The highest BCUT2D eigenvalue weighted by Gasteiger charge is 2.59. The van der Waals surface area contributed by atoms with Crippen LogP contribution in [0.4, 0.5) is 41.2 Å². The zero-order valence-electron chi connectivity index (χ0n) is 18.6. The maximum absolute atomic E-state index is 13.6. The van der Waals surface area contributed by atoms with E-state index in [9.17, 15) is 43.9 Å². The molecule has 0 aromatic carbocycles. The molecule has 0 radical (unpaired) electrons. The topological polar surface area (TPSA) is 98.7 Å². The molecule has 0 saturated heterocycles. The molecule has 0 saturated carbocycles. The molecule has 0 N–H and O–H groups in total. The van der Waals surface area contributed by atoms with Crippen LogP contribution in [-0.4, -0.2) is 61.4 Å². The molecule has 3 heterocycles. The SMILES string of the molecule is CCS(=O)(=O)c1cc(OCC(C)(F)F)cnc1-c1cc2c(cn1)N(CC(F)(F)C(F)(F)F)C(=O)OC2. The zero-order valence-corrected chi connectivity index (χ0v) is 19.4. The first-order valence-electron chi connectivity index (χ1n) is 10.1. The Hall–Kier alpha value is -3.17. The van der Waals surface area contributed by atoms with Crippen LogP contribution in [0.5, 0.6) is 5.75 Å². The Balaban J connectivity index is 2.04. The standard InChI is InChI=1S/C20H18F7N3O5S/c1-3-36(32,33)15-5-12(35-10-18(2,21)22)6-29-16(15)13-4-11-8-34-17(31)30(14(11)7-28-13)9-19(23,24)20(25,26)27/h4-7H,3,8-10H2,1-2H3. The van der Waals surface area contributed by atoms with Crippen LogP contribution in [0.25, 0.3) is 11.4 Å². The van der Waals surface area contributed by atoms with Crippen LogP contribution in [0.15, 0.2) is 29.4 Å². The maximum atomic E-state index is 13.6. The normalized spacial score (nSPS) is 14.9. The van der Waals surface area contributed by atoms with Gasteiger partial charge in [0.1, 0.15) is 24.6 Å². The number of alkyl halides is 7. The molecule has 1 aliphatic heterocycles. The van der Waals surface area contributed by atoms with Crippen LogP contribution < -0.4 is 9.64 Å². The first-order chi connectivity index (χ1) is 16.4. The first kappa shape index (κ1) is 27.4. The minimum atomic E-state index is -5.93. The molecule has 0 spiro atoms. The fourth-order valence-corrected chi connectivity index (χ4v) is 4.09. The molecule has 1 amide bonds. The summed E-state index contributed by atoms with van der Waals surface area (Å²) in [5.41, 5.74) is -0.873. The minimum absolute atomic E-state index is 0.0508. The molecule has 8 nitrogen and oxygen atoms in total. The number of hydrogen-bond acceptors (Lipinski definition) is 7. The van der Waals surface area contributed by atoms with E-state index in [-0.39, 0.29) is 27.6 Å². The monoisotopic (exact) mass is 545 g/mol. The largest absolute Gasteiger partial charge is 0.486 e. The second-order valence-electron chi connectivity index (χ2n) is 7.82. The molecule has 0 fully saturated rings. The smallest absolute Gasteiger partial charge is 0.455 e. The predicted octanol–water partition coefficient (Wildman–Crippen LogP) is 4.63. The van der Waals surface area contributed by atoms with Gasteiger partial charge in [-0.15, -0.1) is 0 Å². The Bertz CT molecular complexity index is 1260. The summed E-state index contributed by atoms with van der Waals surface area (Å²) < 4.78 is 126. The van der Waals surface area contributed by atoms with E-state index >= 15 is 0 Å². The van der Waals surface area contributed by atoms with Gasteiger partial charge in [0.2, 0.25) is 0 Å². The van der Waals surface area contributed by atoms with Gasteiger partial charge in [0.05, 0.1) is 34.4 Å². The Morgan fingerprint density at radius 2 is 1.75 bits per heavy atom. The van der Waals surface area contributed by atoms with Gasteiger partial charge in [0.15, 0.2) is 16.4 Å². The molecule has 198 valence electrons. The number of aromatic nitrogens is 2. The van der Waals surface area contributed by atoms with E-state index in [0.717, 1.165) is 24.5 Å². The number of nitrogens with zero attached hydrogens (tertiary/aromatic N) is 3.